The van der Waals surface area contributed by atoms with Crippen LogP contribution >= 0.6 is 0 Å². The number of aliphatic hydroxyl groups excluding tert-OH is 1. The summed E-state index contributed by atoms with van der Waals surface area (Å²) in [5, 5.41) is 8.95. The first kappa shape index (κ1) is 6.05. The second-order valence-corrected chi connectivity index (χ2v) is 2.19. The van der Waals surface area contributed by atoms with E-state index in [0.29, 0.717) is 0 Å². The van der Waals surface area contributed by atoms with Gasteiger partial charge >= 0.3 is 0 Å². The summed E-state index contributed by atoms with van der Waals surface area (Å²) in [6.07, 6.45) is 2.05. The average molecular weight is 114 g/mol. The highest BCUT2D eigenvalue weighted by atomic mass is 16.3. The third-order valence-electron chi connectivity index (χ3n) is 1.46. The van der Waals surface area contributed by atoms with Crippen molar-refractivity contribution in [3.63, 3.8) is 0 Å². The van der Waals surface area contributed by atoms with Crippen LogP contribution in [-0.2, 0) is 0 Å². The minimum atomic E-state index is -0.280. The fourth-order valence-electron chi connectivity index (χ4n) is 0.962. The average Bonchev–Trinajstić information content (AvgIpc) is 2.12. The summed E-state index contributed by atoms with van der Waals surface area (Å²) in [6, 6.07) is 0. The van der Waals surface area contributed by atoms with Gasteiger partial charge in [-0.15, -0.1) is 0 Å². The van der Waals surface area contributed by atoms with Gasteiger partial charge in [-0.2, -0.15) is 0 Å². The molecule has 0 amide bonds. The molecule has 1 saturated heterocycles. The van der Waals surface area contributed by atoms with Gasteiger partial charge in [-0.3, -0.25) is 4.90 Å². The van der Waals surface area contributed by atoms with E-state index in [1.807, 2.05) is 4.90 Å². The predicted octanol–water partition coefficient (Wildman–Crippen LogP) is 0.582. The fourth-order valence-corrected chi connectivity index (χ4v) is 0.962. The Morgan fingerprint density at radius 1 is 1.75 bits per heavy atom. The normalized spacial score (nSPS) is 26.2. The van der Waals surface area contributed by atoms with Gasteiger partial charge in [-0.1, -0.05) is 0 Å². The Balaban J connectivity index is 2.24. The maximum Gasteiger partial charge on any atom is 0.104 e. The molecule has 1 atom stereocenters. The van der Waals surface area contributed by atoms with E-state index in [1.165, 1.54) is 6.42 Å². The van der Waals surface area contributed by atoms with E-state index in [1.54, 1.807) is 6.92 Å². The van der Waals surface area contributed by atoms with Crippen molar-refractivity contribution >= 4 is 0 Å². The van der Waals surface area contributed by atoms with Crippen molar-refractivity contribution in [1.29, 1.82) is 0 Å². The Morgan fingerprint density at radius 2 is 2.50 bits per heavy atom. The van der Waals surface area contributed by atoms with Crippen molar-refractivity contribution in [3.05, 3.63) is 6.54 Å². The minimum Gasteiger partial charge on any atom is -0.379 e. The van der Waals surface area contributed by atoms with Gasteiger partial charge in [-0.05, 0) is 19.8 Å². The zero-order chi connectivity index (χ0) is 5.98. The number of hydrogen-bond acceptors (Lipinski definition) is 2. The van der Waals surface area contributed by atoms with Crippen LogP contribution in [0.5, 0.6) is 0 Å². The molecule has 0 saturated carbocycles. The third-order valence-corrected chi connectivity index (χ3v) is 1.46. The zero-order valence-electron chi connectivity index (χ0n) is 5.17. The van der Waals surface area contributed by atoms with E-state index >= 15 is 0 Å². The highest BCUT2D eigenvalue weighted by molar-refractivity contribution is 4.76. The maximum atomic E-state index is 8.95. The molecule has 0 aliphatic carbocycles. The van der Waals surface area contributed by atoms with Crippen LogP contribution in [0.3, 0.4) is 0 Å². The van der Waals surface area contributed by atoms with Crippen molar-refractivity contribution in [3.8, 4) is 0 Å². The molecule has 1 N–H and O–H groups in total. The Bertz CT molecular complexity index is 66.9. The van der Waals surface area contributed by atoms with Crippen molar-refractivity contribution in [1.82, 2.24) is 4.90 Å². The molecule has 1 heterocycles. The summed E-state index contributed by atoms with van der Waals surface area (Å²) in [4.78, 5) is 1.96. The van der Waals surface area contributed by atoms with Crippen molar-refractivity contribution in [2.24, 2.45) is 0 Å². The second kappa shape index (κ2) is 2.46. The van der Waals surface area contributed by atoms with Gasteiger partial charge in [0.2, 0.25) is 0 Å². The molecule has 0 aromatic heterocycles. The van der Waals surface area contributed by atoms with Crippen LogP contribution in [0.15, 0.2) is 0 Å². The molecule has 2 heteroatoms. The van der Waals surface area contributed by atoms with Gasteiger partial charge < -0.3 is 5.11 Å². The number of hydrogen-bond donors (Lipinski definition) is 1. The summed E-state index contributed by atoms with van der Waals surface area (Å²) in [5.41, 5.74) is 0. The van der Waals surface area contributed by atoms with Gasteiger partial charge in [-0.25, -0.2) is 0 Å². The largest absolute Gasteiger partial charge is 0.379 e. The van der Waals surface area contributed by atoms with E-state index in [-0.39, 0.29) is 6.23 Å². The molecule has 1 aliphatic rings. The Hall–Kier alpha value is -0.0800. The van der Waals surface area contributed by atoms with E-state index in [2.05, 4.69) is 6.54 Å². The smallest absolute Gasteiger partial charge is 0.104 e. The number of likely N-dealkylation sites (tertiary alicyclic amines) is 1. The lowest BCUT2D eigenvalue weighted by atomic mass is 10.4. The molecule has 47 valence electrons. The lowest BCUT2D eigenvalue weighted by molar-refractivity contribution is 0.0533. The Morgan fingerprint density at radius 3 is 2.75 bits per heavy atom. The second-order valence-electron chi connectivity index (χ2n) is 2.19. The summed E-state index contributed by atoms with van der Waals surface area (Å²) in [7, 11) is 0. The van der Waals surface area contributed by atoms with E-state index < -0.39 is 0 Å². The van der Waals surface area contributed by atoms with Crippen LogP contribution < -0.4 is 0 Å². The third kappa shape index (κ3) is 1.20. The Kier molecular flexibility index (Phi) is 1.86. The topological polar surface area (TPSA) is 23.5 Å². The van der Waals surface area contributed by atoms with Gasteiger partial charge in [0, 0.05) is 13.1 Å². The van der Waals surface area contributed by atoms with Crippen LogP contribution in [0.1, 0.15) is 19.8 Å². The summed E-state index contributed by atoms with van der Waals surface area (Å²) < 4.78 is 0. The van der Waals surface area contributed by atoms with Crippen molar-refractivity contribution in [2.45, 2.75) is 26.0 Å². The first-order chi connectivity index (χ1) is 3.80. The lowest BCUT2D eigenvalue weighted by Gasteiger charge is -2.16. The van der Waals surface area contributed by atoms with Crippen LogP contribution in [0.4, 0.5) is 0 Å². The van der Waals surface area contributed by atoms with E-state index in [9.17, 15) is 0 Å². The molecule has 1 unspecified atom stereocenters. The predicted molar refractivity (Wildman–Crippen MR) is 31.9 cm³/mol. The number of aliphatic hydroxyl groups is 1. The van der Waals surface area contributed by atoms with E-state index in [4.69, 9.17) is 5.11 Å². The summed E-state index contributed by atoms with van der Waals surface area (Å²) in [5.74, 6) is 0. The molecule has 1 radical (unpaired) electrons. The highest BCUT2D eigenvalue weighted by Crippen LogP contribution is 2.13. The molecular weight excluding hydrogens is 102 g/mol. The molecule has 8 heavy (non-hydrogen) atoms. The van der Waals surface area contributed by atoms with E-state index in [0.717, 1.165) is 13.0 Å². The van der Waals surface area contributed by atoms with Crippen LogP contribution in [0, 0.1) is 6.54 Å². The molecule has 0 aromatic carbocycles. The molecule has 0 bridgehead atoms. The fraction of sp³-hybridized carbons (Fsp3) is 0.833. The van der Waals surface area contributed by atoms with Crippen molar-refractivity contribution in [2.75, 3.05) is 6.54 Å². The number of nitrogens with zero attached hydrogens (tertiary/aromatic N) is 1. The molecule has 1 aliphatic heterocycles. The lowest BCUT2D eigenvalue weighted by Crippen LogP contribution is -2.26. The van der Waals surface area contributed by atoms with Gasteiger partial charge in [0.1, 0.15) is 6.23 Å². The monoisotopic (exact) mass is 114 g/mol. The SMILES string of the molecule is CC(O)N1[CH]CCC1. The quantitative estimate of drug-likeness (QED) is 0.539. The van der Waals surface area contributed by atoms with Gasteiger partial charge in [0.15, 0.2) is 0 Å². The van der Waals surface area contributed by atoms with Gasteiger partial charge in [0.25, 0.3) is 0 Å². The molecule has 1 fully saturated rings. The highest BCUT2D eigenvalue weighted by Gasteiger charge is 2.14. The van der Waals surface area contributed by atoms with Crippen LogP contribution in [0.25, 0.3) is 0 Å². The maximum absolute atomic E-state index is 8.95. The van der Waals surface area contributed by atoms with Crippen LogP contribution in [0.2, 0.25) is 0 Å². The zero-order valence-corrected chi connectivity index (χ0v) is 5.17. The van der Waals surface area contributed by atoms with Crippen LogP contribution in [-0.4, -0.2) is 22.8 Å². The molecular formula is C6H12NO. The number of rotatable bonds is 1. The minimum absolute atomic E-state index is 0.280. The molecule has 0 spiro atoms. The summed E-state index contributed by atoms with van der Waals surface area (Å²) >= 11 is 0. The van der Waals surface area contributed by atoms with Gasteiger partial charge in [0.05, 0.1) is 0 Å². The first-order valence-corrected chi connectivity index (χ1v) is 3.08. The molecule has 2 nitrogen and oxygen atoms in total. The van der Waals surface area contributed by atoms with Crippen molar-refractivity contribution < 1.29 is 5.11 Å². The summed E-state index contributed by atoms with van der Waals surface area (Å²) in [6.45, 7) is 4.88. The molecule has 1 rings (SSSR count). The Labute approximate surface area is 50.1 Å². The molecule has 0 aromatic rings. The first-order valence-electron chi connectivity index (χ1n) is 3.08. The standard InChI is InChI=1S/C6H12NO/c1-6(8)7-4-2-3-5-7/h4,6,8H,2-3,5H2,1H3.